The number of nitrogens with one attached hydrogen (secondary N) is 2. The fourth-order valence-corrected chi connectivity index (χ4v) is 6.15. The third-order valence-electron chi connectivity index (χ3n) is 4.48. The molecule has 144 valence electrons. The molecule has 8 nitrogen and oxygen atoms in total. The molecule has 0 atom stereocenters. The highest BCUT2D eigenvalue weighted by Gasteiger charge is 2.40. The number of hydrogen-bond acceptors (Lipinski definition) is 6. The predicted octanol–water partition coefficient (Wildman–Crippen LogP) is 1.61. The largest absolute Gasteiger partial charge is 0.500 e. The molecule has 0 aliphatic heterocycles. The molecule has 0 aliphatic rings. The molecule has 2 radical (unpaired) electrons. The molecule has 0 aromatic carbocycles. The van der Waals surface area contributed by atoms with Crippen LogP contribution in [0.5, 0.6) is 0 Å². The van der Waals surface area contributed by atoms with Gasteiger partial charge in [-0.05, 0) is 25.7 Å². The Morgan fingerprint density at radius 3 is 1.17 bits per heavy atom. The van der Waals surface area contributed by atoms with E-state index in [1.54, 1.807) is 42.7 Å². The van der Waals surface area contributed by atoms with Gasteiger partial charge in [0.15, 0.2) is 0 Å². The van der Waals surface area contributed by atoms with E-state index in [0.29, 0.717) is 24.9 Å². The summed E-state index contributed by atoms with van der Waals surface area (Å²) >= 11 is 0. The molecule has 0 aromatic rings. The maximum Gasteiger partial charge on any atom is 0.500 e. The summed E-state index contributed by atoms with van der Waals surface area (Å²) in [6, 6.07) is 1.29. The third-order valence-corrected chi connectivity index (χ3v) is 10.1. The molecule has 0 heterocycles. The molecule has 0 fully saturated rings. The van der Waals surface area contributed by atoms with E-state index in [4.69, 9.17) is 38.0 Å². The molecule has 0 rings (SSSR count). The summed E-state index contributed by atoms with van der Waals surface area (Å²) in [6.45, 7) is 0.0516. The van der Waals surface area contributed by atoms with Crippen LogP contribution >= 0.6 is 0 Å². The lowest BCUT2D eigenvalue weighted by Crippen LogP contribution is -2.44. The summed E-state index contributed by atoms with van der Waals surface area (Å²) in [5, 5.41) is 0. The lowest BCUT2D eigenvalue weighted by Gasteiger charge is -2.30. The molecule has 24 heavy (non-hydrogen) atoms. The molecule has 2 N–H and O–H groups in total. The van der Waals surface area contributed by atoms with Gasteiger partial charge in [-0.2, -0.15) is 0 Å². The minimum Gasteiger partial charge on any atom is -0.377 e. The van der Waals surface area contributed by atoms with Crippen LogP contribution in [0.15, 0.2) is 0 Å². The first-order chi connectivity index (χ1) is 11.3. The molecule has 0 saturated carbocycles. The van der Waals surface area contributed by atoms with Crippen molar-refractivity contribution in [2.45, 2.75) is 43.3 Å². The monoisotopic (exact) mass is 382 g/mol. The van der Waals surface area contributed by atoms with Crippen molar-refractivity contribution in [3.8, 4) is 0 Å². The van der Waals surface area contributed by atoms with Gasteiger partial charge in [0.05, 0.1) is 0 Å². The molecule has 0 bridgehead atoms. The molecule has 0 unspecified atom stereocenters. The van der Waals surface area contributed by atoms with Gasteiger partial charge in [0.25, 0.3) is 0 Å². The van der Waals surface area contributed by atoms with Crippen molar-refractivity contribution in [3.63, 3.8) is 0 Å². The normalized spacial score (nSPS) is 13.5. The van der Waals surface area contributed by atoms with Gasteiger partial charge in [0.2, 0.25) is 0 Å². The Bertz CT molecular complexity index is 288. The van der Waals surface area contributed by atoms with Crippen LogP contribution < -0.4 is 11.5 Å². The average Bonchev–Trinajstić information content (AvgIpc) is 2.63. The highest BCUT2D eigenvalue weighted by atomic mass is 28.4. The quantitative estimate of drug-likeness (QED) is 0.399. The van der Waals surface area contributed by atoms with Crippen LogP contribution in [0.3, 0.4) is 0 Å². The van der Waals surface area contributed by atoms with Gasteiger partial charge in [-0.15, -0.1) is 0 Å². The van der Waals surface area contributed by atoms with E-state index in [9.17, 15) is 0 Å². The van der Waals surface area contributed by atoms with Crippen LogP contribution in [0, 0.1) is 0 Å². The first kappa shape index (κ1) is 24.1. The van der Waals surface area contributed by atoms with E-state index >= 15 is 0 Å². The number of rotatable bonds is 15. The van der Waals surface area contributed by atoms with Gasteiger partial charge in [-0.1, -0.05) is 0 Å². The highest BCUT2D eigenvalue weighted by Crippen LogP contribution is 2.26. The van der Waals surface area contributed by atoms with E-state index in [2.05, 4.69) is 0 Å². The smallest absolute Gasteiger partial charge is 0.377 e. The van der Waals surface area contributed by atoms with Gasteiger partial charge >= 0.3 is 17.6 Å². The molecular weight excluding hydrogens is 348 g/mol. The van der Waals surface area contributed by atoms with Crippen LogP contribution in [0.25, 0.3) is 0 Å². The summed E-state index contributed by atoms with van der Waals surface area (Å²) in [5.74, 6) is 0. The molecular formula is C14H34N2O6Si2. The van der Waals surface area contributed by atoms with E-state index < -0.39 is 23.1 Å². The molecule has 0 amide bonds. The molecule has 0 aliphatic carbocycles. The Kier molecular flexibility index (Phi) is 11.7. The summed E-state index contributed by atoms with van der Waals surface area (Å²) < 4.78 is 32.4. The molecule has 10 heteroatoms. The van der Waals surface area contributed by atoms with Gasteiger partial charge in [-0.25, -0.2) is 5.73 Å². The zero-order valence-corrected chi connectivity index (χ0v) is 17.9. The Labute approximate surface area is 148 Å². The lowest BCUT2D eigenvalue weighted by atomic mass is 9.90. The SMILES string of the molecule is CO[Si](CCCC([NH])(C[NH])CCC[Si](OC)(OC)OC)(OC)OC. The van der Waals surface area contributed by atoms with Crippen molar-refractivity contribution in [1.29, 1.82) is 0 Å². The lowest BCUT2D eigenvalue weighted by molar-refractivity contribution is 0.121. The van der Waals surface area contributed by atoms with Gasteiger partial charge in [0.1, 0.15) is 0 Å². The Morgan fingerprint density at radius 2 is 0.958 bits per heavy atom. The Hall–Kier alpha value is 0.114. The average molecular weight is 383 g/mol. The maximum atomic E-state index is 8.53. The zero-order valence-electron chi connectivity index (χ0n) is 15.9. The van der Waals surface area contributed by atoms with Crippen molar-refractivity contribution in [3.05, 3.63) is 0 Å². The predicted molar refractivity (Wildman–Crippen MR) is 95.4 cm³/mol. The second-order valence-electron chi connectivity index (χ2n) is 5.75. The summed E-state index contributed by atoms with van der Waals surface area (Å²) in [7, 11) is 4.30. The zero-order chi connectivity index (χ0) is 18.7. The van der Waals surface area contributed by atoms with Crippen molar-refractivity contribution in [2.75, 3.05) is 49.2 Å². The second-order valence-corrected chi connectivity index (χ2v) is 11.9. The van der Waals surface area contributed by atoms with Crippen LogP contribution in [-0.4, -0.2) is 72.4 Å². The number of hydrogen-bond donors (Lipinski definition) is 0. The fraction of sp³-hybridized carbons (Fsp3) is 1.00. The van der Waals surface area contributed by atoms with Gasteiger partial charge in [-0.3, -0.25) is 5.73 Å². The Balaban J connectivity index is 4.49. The molecule has 0 spiro atoms. The van der Waals surface area contributed by atoms with Crippen LogP contribution in [0.2, 0.25) is 12.1 Å². The third kappa shape index (κ3) is 7.16. The van der Waals surface area contributed by atoms with Gasteiger partial charge in [0, 0.05) is 66.8 Å². The second kappa shape index (κ2) is 11.7. The van der Waals surface area contributed by atoms with Crippen LogP contribution in [-0.2, 0) is 26.6 Å². The highest BCUT2D eigenvalue weighted by molar-refractivity contribution is 6.60. The first-order valence-corrected chi connectivity index (χ1v) is 11.9. The van der Waals surface area contributed by atoms with Crippen molar-refractivity contribution in [1.82, 2.24) is 11.5 Å². The summed E-state index contributed by atoms with van der Waals surface area (Å²) in [6.07, 6.45) is 2.66. The topological polar surface area (TPSA) is 103 Å². The molecule has 0 saturated heterocycles. The van der Waals surface area contributed by atoms with Crippen molar-refractivity contribution in [2.24, 2.45) is 0 Å². The van der Waals surface area contributed by atoms with Crippen molar-refractivity contribution >= 4 is 17.6 Å². The van der Waals surface area contributed by atoms with Gasteiger partial charge < -0.3 is 26.6 Å². The van der Waals surface area contributed by atoms with Crippen LogP contribution in [0.1, 0.15) is 25.7 Å². The van der Waals surface area contributed by atoms with E-state index in [1.165, 1.54) is 0 Å². The standard InChI is InChI=1S/C14H34N2O6Si2/c1-17-23(18-2,19-3)11-7-9-14(16,13-15)10-8-12-24(20-4,21-5)22-6/h15-16H,7-13H2,1-6H3. The van der Waals surface area contributed by atoms with E-state index in [0.717, 1.165) is 12.8 Å². The Morgan fingerprint density at radius 1 is 0.667 bits per heavy atom. The molecule has 0 aromatic heterocycles. The fourth-order valence-electron chi connectivity index (χ4n) is 2.70. The first-order valence-electron chi connectivity index (χ1n) is 8.05. The van der Waals surface area contributed by atoms with E-state index in [-0.39, 0.29) is 6.54 Å². The van der Waals surface area contributed by atoms with Crippen molar-refractivity contribution < 1.29 is 26.6 Å². The van der Waals surface area contributed by atoms with Crippen LogP contribution in [0.4, 0.5) is 0 Å². The van der Waals surface area contributed by atoms with E-state index in [1.807, 2.05) is 0 Å². The summed E-state index contributed by atoms with van der Waals surface area (Å²) in [4.78, 5) is 0. The summed E-state index contributed by atoms with van der Waals surface area (Å²) in [5.41, 5.74) is 15.5. The minimum absolute atomic E-state index is 0.0516. The minimum atomic E-state index is -2.61. The maximum absolute atomic E-state index is 8.53.